The van der Waals surface area contributed by atoms with E-state index in [2.05, 4.69) is 27.7 Å². The summed E-state index contributed by atoms with van der Waals surface area (Å²) in [7, 11) is 0. The molecular weight excluding hydrogens is 188 g/mol. The van der Waals surface area contributed by atoms with Crippen LogP contribution < -0.4 is 4.74 Å². The van der Waals surface area contributed by atoms with Crippen LogP contribution in [0.1, 0.15) is 33.3 Å². The number of hydrogen-bond donors (Lipinski definition) is 1. The number of ether oxygens (including phenoxy) is 1. The van der Waals surface area contributed by atoms with Gasteiger partial charge < -0.3 is 9.84 Å². The van der Waals surface area contributed by atoms with Crippen LogP contribution in [-0.2, 0) is 6.42 Å². The second-order valence-electron chi connectivity index (χ2n) is 5.47. The van der Waals surface area contributed by atoms with E-state index in [9.17, 15) is 5.11 Å². The Kier molecular flexibility index (Phi) is 2.00. The van der Waals surface area contributed by atoms with Gasteiger partial charge in [-0.25, -0.2) is 0 Å². The van der Waals surface area contributed by atoms with E-state index in [1.165, 1.54) is 0 Å². The maximum Gasteiger partial charge on any atom is 0.123 e. The minimum atomic E-state index is -0.170. The normalized spacial score (nSPS) is 21.6. The van der Waals surface area contributed by atoms with Gasteiger partial charge in [-0.3, -0.25) is 0 Å². The highest BCUT2D eigenvalue weighted by Crippen LogP contribution is 2.45. The van der Waals surface area contributed by atoms with Gasteiger partial charge in [0.2, 0.25) is 0 Å². The Balaban J connectivity index is 2.47. The Labute approximate surface area is 90.9 Å². The zero-order chi connectivity index (χ0) is 11.3. The van der Waals surface area contributed by atoms with Crippen LogP contribution in [0.25, 0.3) is 0 Å². The van der Waals surface area contributed by atoms with Crippen molar-refractivity contribution < 1.29 is 9.84 Å². The Morgan fingerprint density at radius 3 is 2.53 bits per heavy atom. The highest BCUT2D eigenvalue weighted by atomic mass is 16.5. The third-order valence-corrected chi connectivity index (χ3v) is 3.67. The zero-order valence-electron chi connectivity index (χ0n) is 9.79. The molecule has 0 spiro atoms. The number of phenols is 1. The summed E-state index contributed by atoms with van der Waals surface area (Å²) in [5.41, 5.74) is 1.00. The third kappa shape index (κ3) is 1.58. The van der Waals surface area contributed by atoms with E-state index in [1.807, 2.05) is 6.07 Å². The van der Waals surface area contributed by atoms with Gasteiger partial charge in [0.1, 0.15) is 17.1 Å². The molecule has 2 rings (SSSR count). The van der Waals surface area contributed by atoms with Gasteiger partial charge in [0.15, 0.2) is 0 Å². The van der Waals surface area contributed by atoms with E-state index in [-0.39, 0.29) is 11.0 Å². The summed E-state index contributed by atoms with van der Waals surface area (Å²) in [5, 5.41) is 9.43. The molecule has 2 heteroatoms. The van der Waals surface area contributed by atoms with Crippen molar-refractivity contribution >= 4 is 0 Å². The highest BCUT2D eigenvalue weighted by Gasteiger charge is 2.43. The summed E-state index contributed by atoms with van der Waals surface area (Å²) in [6.07, 6.45) is 0.934. The summed E-state index contributed by atoms with van der Waals surface area (Å²) in [4.78, 5) is 0. The fourth-order valence-corrected chi connectivity index (χ4v) is 1.91. The van der Waals surface area contributed by atoms with Crippen LogP contribution in [0.15, 0.2) is 18.2 Å². The van der Waals surface area contributed by atoms with Crippen molar-refractivity contribution in [2.24, 2.45) is 5.41 Å². The average Bonchev–Trinajstić information content (AvgIpc) is 2.07. The molecule has 1 aromatic carbocycles. The van der Waals surface area contributed by atoms with Crippen molar-refractivity contribution in [2.45, 2.75) is 39.7 Å². The van der Waals surface area contributed by atoms with Gasteiger partial charge in [-0.2, -0.15) is 0 Å². The minimum absolute atomic E-state index is 0.0772. The van der Waals surface area contributed by atoms with Crippen molar-refractivity contribution in [1.82, 2.24) is 0 Å². The molecule has 1 aromatic rings. The van der Waals surface area contributed by atoms with Crippen LogP contribution in [0, 0.1) is 5.41 Å². The fourth-order valence-electron chi connectivity index (χ4n) is 1.91. The number of rotatable bonds is 0. The van der Waals surface area contributed by atoms with E-state index in [1.54, 1.807) is 12.1 Å². The number of hydrogen-bond acceptors (Lipinski definition) is 2. The molecule has 0 aliphatic carbocycles. The number of benzene rings is 1. The first-order chi connectivity index (χ1) is 6.82. The van der Waals surface area contributed by atoms with Crippen molar-refractivity contribution in [3.8, 4) is 11.5 Å². The summed E-state index contributed by atoms with van der Waals surface area (Å²) >= 11 is 0. The summed E-state index contributed by atoms with van der Waals surface area (Å²) in [6.45, 7) is 8.62. The average molecular weight is 206 g/mol. The van der Waals surface area contributed by atoms with E-state index in [4.69, 9.17) is 4.74 Å². The van der Waals surface area contributed by atoms with Gasteiger partial charge in [0.05, 0.1) is 0 Å². The van der Waals surface area contributed by atoms with E-state index < -0.39 is 0 Å². The maximum absolute atomic E-state index is 9.43. The molecule has 0 aromatic heterocycles. The lowest BCUT2D eigenvalue weighted by Gasteiger charge is -2.46. The minimum Gasteiger partial charge on any atom is -0.508 e. The summed E-state index contributed by atoms with van der Waals surface area (Å²) in [5.74, 6) is 1.21. The molecule has 0 saturated carbocycles. The summed E-state index contributed by atoms with van der Waals surface area (Å²) in [6, 6.07) is 5.32. The molecule has 0 fully saturated rings. The topological polar surface area (TPSA) is 29.5 Å². The predicted molar refractivity (Wildman–Crippen MR) is 60.3 cm³/mol. The van der Waals surface area contributed by atoms with Crippen molar-refractivity contribution in [3.05, 3.63) is 23.8 Å². The lowest BCUT2D eigenvalue weighted by molar-refractivity contribution is -0.0271. The molecule has 15 heavy (non-hydrogen) atoms. The van der Waals surface area contributed by atoms with Crippen molar-refractivity contribution in [2.75, 3.05) is 0 Å². The van der Waals surface area contributed by atoms with Gasteiger partial charge in [-0.1, -0.05) is 13.8 Å². The number of fused-ring (bicyclic) bond motifs is 1. The first-order valence-electron chi connectivity index (χ1n) is 5.33. The predicted octanol–water partition coefficient (Wildman–Crippen LogP) is 3.13. The molecule has 82 valence electrons. The van der Waals surface area contributed by atoms with Gasteiger partial charge in [-0.15, -0.1) is 0 Å². The SMILES string of the molecule is CC1(C)Cc2cc(O)ccc2OC1(C)C. The van der Waals surface area contributed by atoms with Crippen LogP contribution in [0.5, 0.6) is 11.5 Å². The van der Waals surface area contributed by atoms with Gasteiger partial charge >= 0.3 is 0 Å². The van der Waals surface area contributed by atoms with E-state index >= 15 is 0 Å². The van der Waals surface area contributed by atoms with Crippen LogP contribution in [0.2, 0.25) is 0 Å². The molecule has 0 unspecified atom stereocenters. The van der Waals surface area contributed by atoms with Gasteiger partial charge in [0.25, 0.3) is 0 Å². The monoisotopic (exact) mass is 206 g/mol. The van der Waals surface area contributed by atoms with E-state index in [0.717, 1.165) is 17.7 Å². The first-order valence-corrected chi connectivity index (χ1v) is 5.33. The quantitative estimate of drug-likeness (QED) is 0.706. The Bertz CT molecular complexity index is 392. The fraction of sp³-hybridized carbons (Fsp3) is 0.538. The largest absolute Gasteiger partial charge is 0.508 e. The third-order valence-electron chi connectivity index (χ3n) is 3.67. The van der Waals surface area contributed by atoms with Crippen molar-refractivity contribution in [3.63, 3.8) is 0 Å². The molecule has 0 bridgehead atoms. The molecule has 1 heterocycles. The van der Waals surface area contributed by atoms with Crippen LogP contribution >= 0.6 is 0 Å². The molecule has 0 saturated heterocycles. The van der Waals surface area contributed by atoms with Crippen LogP contribution in [0.4, 0.5) is 0 Å². The maximum atomic E-state index is 9.43. The Morgan fingerprint density at radius 2 is 1.87 bits per heavy atom. The number of aromatic hydroxyl groups is 1. The molecular formula is C13H18O2. The second-order valence-corrected chi connectivity index (χ2v) is 5.47. The smallest absolute Gasteiger partial charge is 0.123 e. The Hall–Kier alpha value is -1.18. The molecule has 0 radical (unpaired) electrons. The lowest BCUT2D eigenvalue weighted by atomic mass is 9.71. The van der Waals surface area contributed by atoms with Crippen molar-refractivity contribution in [1.29, 1.82) is 0 Å². The van der Waals surface area contributed by atoms with E-state index in [0.29, 0.717) is 5.75 Å². The molecule has 1 aliphatic heterocycles. The molecule has 2 nitrogen and oxygen atoms in total. The highest BCUT2D eigenvalue weighted by molar-refractivity contribution is 5.42. The molecule has 1 N–H and O–H groups in total. The van der Waals surface area contributed by atoms with Gasteiger partial charge in [-0.05, 0) is 44.0 Å². The summed E-state index contributed by atoms with van der Waals surface area (Å²) < 4.78 is 5.98. The Morgan fingerprint density at radius 1 is 1.20 bits per heavy atom. The lowest BCUT2D eigenvalue weighted by Crippen LogP contribution is -2.48. The zero-order valence-corrected chi connectivity index (χ0v) is 9.79. The van der Waals surface area contributed by atoms with Gasteiger partial charge in [0, 0.05) is 5.41 Å². The van der Waals surface area contributed by atoms with Crippen LogP contribution in [-0.4, -0.2) is 10.7 Å². The molecule has 0 amide bonds. The molecule has 0 atom stereocenters. The first kappa shape index (κ1) is 10.3. The second kappa shape index (κ2) is 2.91. The molecule has 1 aliphatic rings. The number of phenolic OH excluding ortho intramolecular Hbond substituents is 1. The standard InChI is InChI=1S/C13H18O2/c1-12(2)8-9-7-10(14)5-6-11(9)15-13(12,3)4/h5-7,14H,8H2,1-4H3. The van der Waals surface area contributed by atoms with Crippen LogP contribution in [0.3, 0.4) is 0 Å².